The van der Waals surface area contributed by atoms with Crippen LogP contribution >= 0.6 is 0 Å². The number of hydrogen-bond acceptors (Lipinski definition) is 4. The van der Waals surface area contributed by atoms with E-state index >= 15 is 0 Å². The summed E-state index contributed by atoms with van der Waals surface area (Å²) in [5, 5.41) is 0. The fraction of sp³-hybridized carbons (Fsp3) is 0.583. The van der Waals surface area contributed by atoms with Crippen LogP contribution < -0.4 is 4.90 Å². The smallest absolute Gasteiger partial charge is 0.225 e. The predicted octanol–water partition coefficient (Wildman–Crippen LogP) is 2.06. The third-order valence-electron chi connectivity index (χ3n) is 2.93. The molecule has 0 radical (unpaired) electrons. The van der Waals surface area contributed by atoms with Crippen molar-refractivity contribution in [2.75, 3.05) is 18.0 Å². The molecule has 0 amide bonds. The monoisotopic (exact) mass is 219 g/mol. The molecule has 16 heavy (non-hydrogen) atoms. The van der Waals surface area contributed by atoms with Crippen molar-refractivity contribution >= 4 is 12.2 Å². The van der Waals surface area contributed by atoms with E-state index in [9.17, 15) is 4.79 Å². The predicted molar refractivity (Wildman–Crippen MR) is 62.7 cm³/mol. The Labute approximate surface area is 95.7 Å². The minimum absolute atomic E-state index is 0.538. The normalized spacial score (nSPS) is 17.6. The maximum Gasteiger partial charge on any atom is 0.225 e. The number of rotatable bonds is 2. The number of nitrogens with zero attached hydrogens (tertiary/aromatic N) is 3. The van der Waals surface area contributed by atoms with Crippen LogP contribution in [0.3, 0.4) is 0 Å². The van der Waals surface area contributed by atoms with Crippen LogP contribution in [-0.2, 0) is 0 Å². The van der Waals surface area contributed by atoms with Gasteiger partial charge in [0.1, 0.15) is 0 Å². The van der Waals surface area contributed by atoms with E-state index in [1.54, 1.807) is 12.4 Å². The Hall–Kier alpha value is -1.45. The molecule has 0 N–H and O–H groups in total. The van der Waals surface area contributed by atoms with Crippen LogP contribution in [0.1, 0.15) is 42.5 Å². The van der Waals surface area contributed by atoms with Gasteiger partial charge >= 0.3 is 0 Å². The van der Waals surface area contributed by atoms with Crippen molar-refractivity contribution in [3.05, 3.63) is 18.0 Å². The van der Waals surface area contributed by atoms with Crippen molar-refractivity contribution in [3.63, 3.8) is 0 Å². The SMILES string of the molecule is O=Cc1cnc(N2CCCCCCC2)nc1. The van der Waals surface area contributed by atoms with E-state index in [-0.39, 0.29) is 0 Å². The average molecular weight is 219 g/mol. The molecular weight excluding hydrogens is 202 g/mol. The van der Waals surface area contributed by atoms with Crippen molar-refractivity contribution in [3.8, 4) is 0 Å². The second kappa shape index (κ2) is 5.58. The zero-order valence-corrected chi connectivity index (χ0v) is 9.43. The number of carbonyl (C=O) groups is 1. The number of anilines is 1. The van der Waals surface area contributed by atoms with E-state index in [1.807, 2.05) is 0 Å². The van der Waals surface area contributed by atoms with Crippen LogP contribution in [0.25, 0.3) is 0 Å². The van der Waals surface area contributed by atoms with Gasteiger partial charge in [-0.2, -0.15) is 0 Å². The molecule has 1 aromatic heterocycles. The molecule has 1 aromatic rings. The summed E-state index contributed by atoms with van der Waals surface area (Å²) >= 11 is 0. The molecule has 2 rings (SSSR count). The molecule has 4 nitrogen and oxygen atoms in total. The zero-order valence-electron chi connectivity index (χ0n) is 9.43. The Morgan fingerprint density at radius 2 is 1.56 bits per heavy atom. The Balaban J connectivity index is 2.05. The molecule has 1 saturated heterocycles. The topological polar surface area (TPSA) is 46.1 Å². The van der Waals surface area contributed by atoms with Gasteiger partial charge in [0, 0.05) is 25.5 Å². The van der Waals surface area contributed by atoms with Gasteiger partial charge in [0.2, 0.25) is 5.95 Å². The number of aldehydes is 1. The second-order valence-electron chi connectivity index (χ2n) is 4.19. The summed E-state index contributed by atoms with van der Waals surface area (Å²) in [6, 6.07) is 0. The van der Waals surface area contributed by atoms with Crippen LogP contribution in [-0.4, -0.2) is 29.3 Å². The molecule has 4 heteroatoms. The molecule has 0 spiro atoms. The summed E-state index contributed by atoms with van der Waals surface area (Å²) in [6.45, 7) is 2.06. The first kappa shape index (κ1) is 11.0. The Bertz CT molecular complexity index is 329. The molecule has 0 aromatic carbocycles. The molecule has 86 valence electrons. The first-order valence-corrected chi connectivity index (χ1v) is 5.92. The number of aromatic nitrogens is 2. The van der Waals surface area contributed by atoms with Gasteiger partial charge < -0.3 is 4.90 Å². The summed E-state index contributed by atoms with van der Waals surface area (Å²) in [6.07, 6.45) is 10.3. The highest BCUT2D eigenvalue weighted by Gasteiger charge is 2.10. The zero-order chi connectivity index (χ0) is 11.2. The minimum Gasteiger partial charge on any atom is -0.341 e. The first-order chi connectivity index (χ1) is 7.90. The highest BCUT2D eigenvalue weighted by atomic mass is 16.1. The van der Waals surface area contributed by atoms with Crippen molar-refractivity contribution in [1.82, 2.24) is 9.97 Å². The van der Waals surface area contributed by atoms with Gasteiger partial charge in [-0.1, -0.05) is 19.3 Å². The Kier molecular flexibility index (Phi) is 3.86. The third-order valence-corrected chi connectivity index (χ3v) is 2.93. The summed E-state index contributed by atoms with van der Waals surface area (Å²) < 4.78 is 0. The highest BCUT2D eigenvalue weighted by Crippen LogP contribution is 2.14. The number of hydrogen-bond donors (Lipinski definition) is 0. The molecule has 0 atom stereocenters. The molecule has 0 unspecified atom stereocenters. The second-order valence-corrected chi connectivity index (χ2v) is 4.19. The van der Waals surface area contributed by atoms with Crippen molar-refractivity contribution in [1.29, 1.82) is 0 Å². The van der Waals surface area contributed by atoms with E-state index in [2.05, 4.69) is 14.9 Å². The van der Waals surface area contributed by atoms with Gasteiger partial charge in [-0.05, 0) is 12.8 Å². The van der Waals surface area contributed by atoms with Crippen molar-refractivity contribution < 1.29 is 4.79 Å². The summed E-state index contributed by atoms with van der Waals surface area (Å²) in [5.41, 5.74) is 0.538. The summed E-state index contributed by atoms with van der Waals surface area (Å²) in [5.74, 6) is 0.757. The van der Waals surface area contributed by atoms with E-state index in [0.717, 1.165) is 25.3 Å². The molecule has 1 aliphatic rings. The molecule has 1 aliphatic heterocycles. The fourth-order valence-electron chi connectivity index (χ4n) is 2.00. The lowest BCUT2D eigenvalue weighted by Gasteiger charge is -2.24. The van der Waals surface area contributed by atoms with Crippen LogP contribution in [0.5, 0.6) is 0 Å². The fourth-order valence-corrected chi connectivity index (χ4v) is 2.00. The number of carbonyl (C=O) groups excluding carboxylic acids is 1. The van der Waals surface area contributed by atoms with Crippen LogP contribution in [0.15, 0.2) is 12.4 Å². The van der Waals surface area contributed by atoms with Gasteiger partial charge in [-0.15, -0.1) is 0 Å². The first-order valence-electron chi connectivity index (χ1n) is 5.92. The Morgan fingerprint density at radius 1 is 1.00 bits per heavy atom. The molecule has 2 heterocycles. The van der Waals surface area contributed by atoms with Crippen molar-refractivity contribution in [2.24, 2.45) is 0 Å². The third kappa shape index (κ3) is 2.78. The van der Waals surface area contributed by atoms with Gasteiger partial charge in [0.05, 0.1) is 5.56 Å². The van der Waals surface area contributed by atoms with E-state index in [4.69, 9.17) is 0 Å². The van der Waals surface area contributed by atoms with Gasteiger partial charge in [0.25, 0.3) is 0 Å². The summed E-state index contributed by atoms with van der Waals surface area (Å²) in [7, 11) is 0. The van der Waals surface area contributed by atoms with E-state index < -0.39 is 0 Å². The lowest BCUT2D eigenvalue weighted by Crippen LogP contribution is -2.28. The maximum absolute atomic E-state index is 10.5. The maximum atomic E-state index is 10.5. The lowest BCUT2D eigenvalue weighted by molar-refractivity contribution is 0.112. The van der Waals surface area contributed by atoms with Crippen LogP contribution in [0.2, 0.25) is 0 Å². The molecule has 1 fully saturated rings. The molecule has 0 aliphatic carbocycles. The van der Waals surface area contributed by atoms with E-state index in [1.165, 1.54) is 32.1 Å². The van der Waals surface area contributed by atoms with Gasteiger partial charge in [0.15, 0.2) is 6.29 Å². The minimum atomic E-state index is 0.538. The molecule has 0 saturated carbocycles. The quantitative estimate of drug-likeness (QED) is 0.714. The Morgan fingerprint density at radius 3 is 2.12 bits per heavy atom. The van der Waals surface area contributed by atoms with Crippen LogP contribution in [0, 0.1) is 0 Å². The molecule has 0 bridgehead atoms. The highest BCUT2D eigenvalue weighted by molar-refractivity contribution is 5.73. The van der Waals surface area contributed by atoms with Crippen LogP contribution in [0.4, 0.5) is 5.95 Å². The van der Waals surface area contributed by atoms with Gasteiger partial charge in [-0.25, -0.2) is 9.97 Å². The van der Waals surface area contributed by atoms with Gasteiger partial charge in [-0.3, -0.25) is 4.79 Å². The standard InChI is InChI=1S/C12H17N3O/c16-10-11-8-13-12(14-9-11)15-6-4-2-1-3-5-7-15/h8-10H,1-7H2. The molecular formula is C12H17N3O. The average Bonchev–Trinajstić information content (AvgIpc) is 2.29. The summed E-state index contributed by atoms with van der Waals surface area (Å²) in [4.78, 5) is 21.2. The lowest BCUT2D eigenvalue weighted by atomic mass is 10.1. The largest absolute Gasteiger partial charge is 0.341 e. The van der Waals surface area contributed by atoms with Crippen molar-refractivity contribution in [2.45, 2.75) is 32.1 Å². The van der Waals surface area contributed by atoms with E-state index in [0.29, 0.717) is 5.56 Å².